The molecule has 0 aromatic heterocycles. The number of nitrogens with one attached hydrogen (secondary N) is 2. The maximum Gasteiger partial charge on any atom is 0.289 e. The number of ether oxygens (including phenoxy) is 2. The quantitative estimate of drug-likeness (QED) is 0.565. The molecular weight excluding hydrogens is 172 g/mol. The van der Waals surface area contributed by atoms with Crippen LogP contribution in [0.15, 0.2) is 12.0 Å². The molecule has 5 heteroatoms. The van der Waals surface area contributed by atoms with Gasteiger partial charge in [0.1, 0.15) is 19.5 Å². The number of amides is 1. The molecule has 0 saturated carbocycles. The first-order chi connectivity index (χ1) is 6.34. The van der Waals surface area contributed by atoms with E-state index < -0.39 is 0 Å². The second-order valence-corrected chi connectivity index (χ2v) is 2.56. The van der Waals surface area contributed by atoms with Crippen LogP contribution in [0.1, 0.15) is 0 Å². The van der Waals surface area contributed by atoms with Gasteiger partial charge in [-0.1, -0.05) is 0 Å². The molecule has 0 spiro atoms. The van der Waals surface area contributed by atoms with Crippen LogP contribution >= 0.6 is 0 Å². The second-order valence-electron chi connectivity index (χ2n) is 2.56. The zero-order chi connectivity index (χ0) is 9.52. The molecule has 0 aromatic rings. The number of likely N-dealkylation sites (N-methyl/N-ethyl adjacent to an activating group) is 1. The molecule has 1 rings (SSSR count). The van der Waals surface area contributed by atoms with Gasteiger partial charge in [-0.25, -0.2) is 0 Å². The van der Waals surface area contributed by atoms with Gasteiger partial charge in [-0.05, 0) is 7.05 Å². The summed E-state index contributed by atoms with van der Waals surface area (Å²) >= 11 is 0. The molecule has 0 radical (unpaired) electrons. The van der Waals surface area contributed by atoms with Crippen LogP contribution in [-0.4, -0.2) is 39.3 Å². The maximum absolute atomic E-state index is 11.3. The highest BCUT2D eigenvalue weighted by Crippen LogP contribution is 2.03. The molecule has 0 saturated heterocycles. The van der Waals surface area contributed by atoms with Crippen molar-refractivity contribution in [2.45, 2.75) is 0 Å². The summed E-state index contributed by atoms with van der Waals surface area (Å²) in [6.07, 6.45) is 1.35. The number of carbonyl (C=O) groups is 1. The van der Waals surface area contributed by atoms with E-state index in [0.717, 1.165) is 6.54 Å². The molecule has 13 heavy (non-hydrogen) atoms. The third kappa shape index (κ3) is 3.33. The fourth-order valence-electron chi connectivity index (χ4n) is 0.876. The first-order valence-corrected chi connectivity index (χ1v) is 4.22. The molecule has 1 aliphatic rings. The molecule has 74 valence electrons. The molecule has 0 atom stereocenters. The highest BCUT2D eigenvalue weighted by Gasteiger charge is 2.13. The Morgan fingerprint density at radius 1 is 1.54 bits per heavy atom. The number of carbonyl (C=O) groups excluding carboxylic acids is 1. The summed E-state index contributed by atoms with van der Waals surface area (Å²) < 4.78 is 10.0. The van der Waals surface area contributed by atoms with Crippen LogP contribution in [0.5, 0.6) is 0 Å². The SMILES string of the molecule is CNCCNC(=O)C1=COCCO1. The molecule has 0 unspecified atom stereocenters. The molecule has 2 N–H and O–H groups in total. The molecule has 5 nitrogen and oxygen atoms in total. The lowest BCUT2D eigenvalue weighted by Gasteiger charge is -2.14. The predicted molar refractivity (Wildman–Crippen MR) is 46.9 cm³/mol. The van der Waals surface area contributed by atoms with Crippen LogP contribution in [0.3, 0.4) is 0 Å². The van der Waals surface area contributed by atoms with E-state index in [9.17, 15) is 4.79 Å². The van der Waals surface area contributed by atoms with Crippen LogP contribution in [0.25, 0.3) is 0 Å². The third-order valence-electron chi connectivity index (χ3n) is 1.53. The standard InChI is InChI=1S/C8H14N2O3/c1-9-2-3-10-8(11)7-6-12-4-5-13-7/h6,9H,2-5H2,1H3,(H,10,11). The summed E-state index contributed by atoms with van der Waals surface area (Å²) in [7, 11) is 1.83. The first-order valence-electron chi connectivity index (χ1n) is 4.22. The minimum Gasteiger partial charge on any atom is -0.494 e. The normalized spacial score (nSPS) is 15.3. The van der Waals surface area contributed by atoms with Gasteiger partial charge in [0.15, 0.2) is 0 Å². The lowest BCUT2D eigenvalue weighted by atomic mass is 10.4. The summed E-state index contributed by atoms with van der Waals surface area (Å²) in [5, 5.41) is 5.60. The van der Waals surface area contributed by atoms with Gasteiger partial charge in [-0.15, -0.1) is 0 Å². The van der Waals surface area contributed by atoms with Gasteiger partial charge in [0.05, 0.1) is 0 Å². The summed E-state index contributed by atoms with van der Waals surface area (Å²) in [5.41, 5.74) is 0. The van der Waals surface area contributed by atoms with Crippen molar-refractivity contribution in [3.63, 3.8) is 0 Å². The van der Waals surface area contributed by atoms with Gasteiger partial charge in [0, 0.05) is 13.1 Å². The summed E-state index contributed by atoms with van der Waals surface area (Å²) in [5.74, 6) is 0.0253. The van der Waals surface area contributed by atoms with Gasteiger partial charge in [-0.2, -0.15) is 0 Å². The van der Waals surface area contributed by atoms with E-state index in [1.54, 1.807) is 0 Å². The van der Waals surface area contributed by atoms with E-state index in [1.165, 1.54) is 6.26 Å². The fraction of sp³-hybridized carbons (Fsp3) is 0.625. The summed E-state index contributed by atoms with van der Waals surface area (Å²) in [6, 6.07) is 0. The van der Waals surface area contributed by atoms with Crippen LogP contribution < -0.4 is 10.6 Å². The van der Waals surface area contributed by atoms with Crippen molar-refractivity contribution in [3.05, 3.63) is 12.0 Å². The molecule has 1 amide bonds. The van der Waals surface area contributed by atoms with Crippen LogP contribution in [-0.2, 0) is 14.3 Å². The van der Waals surface area contributed by atoms with Crippen molar-refractivity contribution >= 4 is 5.91 Å². The number of hydrogen-bond donors (Lipinski definition) is 2. The smallest absolute Gasteiger partial charge is 0.289 e. The number of rotatable bonds is 4. The Morgan fingerprint density at radius 3 is 3.00 bits per heavy atom. The molecule has 0 aromatic carbocycles. The topological polar surface area (TPSA) is 59.6 Å². The molecule has 0 fully saturated rings. The Morgan fingerprint density at radius 2 is 2.38 bits per heavy atom. The molecule has 1 aliphatic heterocycles. The largest absolute Gasteiger partial charge is 0.494 e. The van der Waals surface area contributed by atoms with Gasteiger partial charge >= 0.3 is 0 Å². The third-order valence-corrected chi connectivity index (χ3v) is 1.53. The average molecular weight is 186 g/mol. The van der Waals surface area contributed by atoms with Crippen molar-refractivity contribution in [1.82, 2.24) is 10.6 Å². The van der Waals surface area contributed by atoms with E-state index in [0.29, 0.717) is 19.8 Å². The fourth-order valence-corrected chi connectivity index (χ4v) is 0.876. The van der Waals surface area contributed by atoms with Crippen molar-refractivity contribution in [2.24, 2.45) is 0 Å². The van der Waals surface area contributed by atoms with Crippen LogP contribution in [0, 0.1) is 0 Å². The molecule has 1 heterocycles. The first kappa shape index (κ1) is 9.85. The molecule has 0 bridgehead atoms. The zero-order valence-corrected chi connectivity index (χ0v) is 7.63. The van der Waals surface area contributed by atoms with E-state index in [-0.39, 0.29) is 11.7 Å². The Labute approximate surface area is 77.1 Å². The Hall–Kier alpha value is -1.23. The minimum atomic E-state index is -0.227. The predicted octanol–water partition coefficient (Wildman–Crippen LogP) is -0.790. The van der Waals surface area contributed by atoms with E-state index in [2.05, 4.69) is 10.6 Å². The van der Waals surface area contributed by atoms with Gasteiger partial charge in [-0.3, -0.25) is 4.79 Å². The van der Waals surface area contributed by atoms with Crippen LogP contribution in [0.4, 0.5) is 0 Å². The lowest BCUT2D eigenvalue weighted by Crippen LogP contribution is -2.33. The average Bonchev–Trinajstić information content (AvgIpc) is 2.19. The van der Waals surface area contributed by atoms with Crippen LogP contribution in [0.2, 0.25) is 0 Å². The van der Waals surface area contributed by atoms with Gasteiger partial charge in [0.2, 0.25) is 5.76 Å². The van der Waals surface area contributed by atoms with Gasteiger partial charge < -0.3 is 20.1 Å². The zero-order valence-electron chi connectivity index (χ0n) is 7.63. The highest BCUT2D eigenvalue weighted by atomic mass is 16.6. The molecular formula is C8H14N2O3. The Balaban J connectivity index is 2.25. The van der Waals surface area contributed by atoms with E-state index >= 15 is 0 Å². The van der Waals surface area contributed by atoms with E-state index in [1.807, 2.05) is 7.05 Å². The lowest BCUT2D eigenvalue weighted by molar-refractivity contribution is -0.122. The molecule has 0 aliphatic carbocycles. The maximum atomic E-state index is 11.3. The Kier molecular flexibility index (Phi) is 4.11. The van der Waals surface area contributed by atoms with Crippen molar-refractivity contribution < 1.29 is 14.3 Å². The van der Waals surface area contributed by atoms with Gasteiger partial charge in [0.25, 0.3) is 5.91 Å². The highest BCUT2D eigenvalue weighted by molar-refractivity contribution is 5.91. The van der Waals surface area contributed by atoms with Crippen molar-refractivity contribution in [2.75, 3.05) is 33.4 Å². The second kappa shape index (κ2) is 5.42. The summed E-state index contributed by atoms with van der Waals surface area (Å²) in [6.45, 7) is 2.26. The van der Waals surface area contributed by atoms with E-state index in [4.69, 9.17) is 9.47 Å². The summed E-state index contributed by atoms with van der Waals surface area (Å²) in [4.78, 5) is 11.3. The Bertz CT molecular complexity index is 204. The minimum absolute atomic E-state index is 0.227. The number of hydrogen-bond acceptors (Lipinski definition) is 4. The van der Waals surface area contributed by atoms with Crippen molar-refractivity contribution in [1.29, 1.82) is 0 Å². The monoisotopic (exact) mass is 186 g/mol. The van der Waals surface area contributed by atoms with Crippen molar-refractivity contribution in [3.8, 4) is 0 Å².